The third kappa shape index (κ3) is 6.84. The van der Waals surface area contributed by atoms with Gasteiger partial charge < -0.3 is 9.80 Å². The molecule has 1 fully saturated rings. The Morgan fingerprint density at radius 3 is 1.82 bits per heavy atom. The molecule has 1 aliphatic rings. The number of hydrogen-bond donors (Lipinski definition) is 1. The third-order valence-electron chi connectivity index (χ3n) is 5.96. The average molecular weight is 478 g/mol. The van der Waals surface area contributed by atoms with Crippen molar-refractivity contribution in [2.24, 2.45) is 0 Å². The summed E-state index contributed by atoms with van der Waals surface area (Å²) in [4.78, 5) is 17.0. The fraction of sp³-hybridized carbons (Fsp3) is 0.296. The van der Waals surface area contributed by atoms with E-state index in [4.69, 9.17) is 0 Å². The highest BCUT2D eigenvalue weighted by Gasteiger charge is 2.23. The van der Waals surface area contributed by atoms with E-state index in [-0.39, 0.29) is 0 Å². The summed E-state index contributed by atoms with van der Waals surface area (Å²) < 4.78 is 28.2. The second kappa shape index (κ2) is 11.2. The van der Waals surface area contributed by atoms with Crippen molar-refractivity contribution in [2.75, 3.05) is 28.5 Å². The highest BCUT2D eigenvalue weighted by Crippen LogP contribution is 2.22. The summed E-state index contributed by atoms with van der Waals surface area (Å²) in [6.45, 7) is 2.74. The number of sulfonamides is 1. The number of nitrogens with one attached hydrogen (secondary N) is 1. The van der Waals surface area contributed by atoms with Gasteiger partial charge in [-0.05, 0) is 54.7 Å². The standard InChI is InChI=1S/C27H31N3O3S/c31-27(30(20-23-10-4-1-5-11-23)21-24-12-6-2-7-13-24)22-34(32,33)28-25-14-16-26(17-15-25)29-18-8-3-9-19-29/h1-2,4-7,10-17,28H,3,8-9,18-22H2. The molecule has 0 atom stereocenters. The fourth-order valence-electron chi connectivity index (χ4n) is 4.20. The Hall–Kier alpha value is -3.32. The molecular weight excluding hydrogens is 446 g/mol. The maximum absolute atomic E-state index is 13.1. The van der Waals surface area contributed by atoms with Crippen LogP contribution in [0.5, 0.6) is 0 Å². The van der Waals surface area contributed by atoms with Crippen LogP contribution in [0.4, 0.5) is 11.4 Å². The SMILES string of the molecule is O=C(CS(=O)(=O)Nc1ccc(N2CCCCC2)cc1)N(Cc1ccccc1)Cc1ccccc1. The first-order valence-electron chi connectivity index (χ1n) is 11.7. The second-order valence-corrected chi connectivity index (χ2v) is 10.4. The Morgan fingerprint density at radius 2 is 1.29 bits per heavy atom. The number of hydrogen-bond acceptors (Lipinski definition) is 4. The lowest BCUT2D eigenvalue weighted by atomic mass is 10.1. The minimum absolute atomic E-state index is 0.342. The van der Waals surface area contributed by atoms with Crippen LogP contribution in [0.1, 0.15) is 30.4 Å². The molecular formula is C27H31N3O3S. The highest BCUT2D eigenvalue weighted by molar-refractivity contribution is 7.93. The van der Waals surface area contributed by atoms with Gasteiger partial charge in [-0.15, -0.1) is 0 Å². The molecule has 1 heterocycles. The predicted octanol–water partition coefficient (Wildman–Crippen LogP) is 4.65. The summed E-state index contributed by atoms with van der Waals surface area (Å²) in [5.41, 5.74) is 3.46. The number of anilines is 2. The van der Waals surface area contributed by atoms with Gasteiger partial charge in [0.25, 0.3) is 0 Å². The molecule has 7 heteroatoms. The van der Waals surface area contributed by atoms with Crippen LogP contribution >= 0.6 is 0 Å². The molecule has 178 valence electrons. The second-order valence-electron chi connectivity index (χ2n) is 8.68. The lowest BCUT2D eigenvalue weighted by Crippen LogP contribution is -2.36. The van der Waals surface area contributed by atoms with Crippen molar-refractivity contribution >= 4 is 27.3 Å². The lowest BCUT2D eigenvalue weighted by Gasteiger charge is -2.28. The topological polar surface area (TPSA) is 69.7 Å². The van der Waals surface area contributed by atoms with Crippen molar-refractivity contribution < 1.29 is 13.2 Å². The van der Waals surface area contributed by atoms with Crippen LogP contribution in [0.25, 0.3) is 0 Å². The quantitative estimate of drug-likeness (QED) is 0.487. The van der Waals surface area contributed by atoms with Crippen molar-refractivity contribution in [3.8, 4) is 0 Å². The Kier molecular flexibility index (Phi) is 7.85. The highest BCUT2D eigenvalue weighted by atomic mass is 32.2. The average Bonchev–Trinajstić information content (AvgIpc) is 2.85. The van der Waals surface area contributed by atoms with Gasteiger partial charge in [0, 0.05) is 37.6 Å². The smallest absolute Gasteiger partial charge is 0.241 e. The monoisotopic (exact) mass is 477 g/mol. The molecule has 1 aliphatic heterocycles. The van der Waals surface area contributed by atoms with E-state index in [1.54, 1.807) is 17.0 Å². The summed E-state index contributed by atoms with van der Waals surface area (Å²) in [6.07, 6.45) is 3.62. The van der Waals surface area contributed by atoms with E-state index >= 15 is 0 Å². The number of benzene rings is 3. The van der Waals surface area contributed by atoms with Crippen molar-refractivity contribution in [3.05, 3.63) is 96.1 Å². The number of piperidine rings is 1. The van der Waals surface area contributed by atoms with Gasteiger partial charge in [-0.1, -0.05) is 60.7 Å². The number of nitrogens with zero attached hydrogens (tertiary/aromatic N) is 2. The number of amides is 1. The largest absolute Gasteiger partial charge is 0.372 e. The van der Waals surface area contributed by atoms with E-state index in [1.807, 2.05) is 72.8 Å². The van der Waals surface area contributed by atoms with Gasteiger partial charge in [0.2, 0.25) is 15.9 Å². The van der Waals surface area contributed by atoms with E-state index in [0.29, 0.717) is 18.8 Å². The van der Waals surface area contributed by atoms with Gasteiger partial charge in [-0.3, -0.25) is 9.52 Å². The molecule has 0 bridgehead atoms. The zero-order chi connectivity index (χ0) is 23.8. The van der Waals surface area contributed by atoms with Crippen molar-refractivity contribution in [1.29, 1.82) is 0 Å². The molecule has 0 aliphatic carbocycles. The van der Waals surface area contributed by atoms with Crippen LogP contribution in [0, 0.1) is 0 Å². The first kappa shape index (κ1) is 23.8. The van der Waals surface area contributed by atoms with Crippen LogP contribution in [0.3, 0.4) is 0 Å². The first-order chi connectivity index (χ1) is 16.5. The van der Waals surface area contributed by atoms with Gasteiger partial charge in [0.1, 0.15) is 5.75 Å². The maximum atomic E-state index is 13.1. The maximum Gasteiger partial charge on any atom is 0.241 e. The number of carbonyl (C=O) groups is 1. The minimum Gasteiger partial charge on any atom is -0.372 e. The van der Waals surface area contributed by atoms with Crippen LogP contribution in [-0.4, -0.2) is 38.1 Å². The van der Waals surface area contributed by atoms with Crippen molar-refractivity contribution in [1.82, 2.24) is 4.90 Å². The van der Waals surface area contributed by atoms with E-state index in [0.717, 1.165) is 29.9 Å². The summed E-state index contributed by atoms with van der Waals surface area (Å²) in [5.74, 6) is -1.05. The molecule has 0 unspecified atom stereocenters. The molecule has 0 saturated carbocycles. The molecule has 1 amide bonds. The van der Waals surface area contributed by atoms with Gasteiger partial charge in [0.05, 0.1) is 0 Å². The van der Waals surface area contributed by atoms with Gasteiger partial charge >= 0.3 is 0 Å². The number of rotatable bonds is 9. The summed E-state index contributed by atoms with van der Waals surface area (Å²) in [6, 6.07) is 26.6. The molecule has 34 heavy (non-hydrogen) atoms. The Bertz CT molecular complexity index is 1120. The van der Waals surface area contributed by atoms with Crippen LogP contribution in [-0.2, 0) is 27.9 Å². The summed E-state index contributed by atoms with van der Waals surface area (Å²) in [7, 11) is -3.86. The van der Waals surface area contributed by atoms with Crippen molar-refractivity contribution in [2.45, 2.75) is 32.4 Å². The third-order valence-corrected chi connectivity index (χ3v) is 7.13. The molecule has 0 radical (unpaired) electrons. The molecule has 1 N–H and O–H groups in total. The zero-order valence-electron chi connectivity index (χ0n) is 19.3. The van der Waals surface area contributed by atoms with E-state index in [1.165, 1.54) is 19.3 Å². The molecule has 0 spiro atoms. The molecule has 0 aromatic heterocycles. The molecule has 6 nitrogen and oxygen atoms in total. The van der Waals surface area contributed by atoms with Gasteiger partial charge in [-0.25, -0.2) is 8.42 Å². The Morgan fingerprint density at radius 1 is 0.765 bits per heavy atom. The Balaban J connectivity index is 1.42. The molecule has 1 saturated heterocycles. The fourth-order valence-corrected chi connectivity index (χ4v) is 5.28. The van der Waals surface area contributed by atoms with Crippen molar-refractivity contribution in [3.63, 3.8) is 0 Å². The molecule has 4 rings (SSSR count). The van der Waals surface area contributed by atoms with Gasteiger partial charge in [0.15, 0.2) is 0 Å². The summed E-state index contributed by atoms with van der Waals surface area (Å²) in [5, 5.41) is 0. The van der Waals surface area contributed by atoms with E-state index in [9.17, 15) is 13.2 Å². The normalized spacial score (nSPS) is 13.9. The minimum atomic E-state index is -3.86. The van der Waals surface area contributed by atoms with Crippen LogP contribution in [0.15, 0.2) is 84.9 Å². The zero-order valence-corrected chi connectivity index (χ0v) is 20.1. The predicted molar refractivity (Wildman–Crippen MR) is 137 cm³/mol. The van der Waals surface area contributed by atoms with Gasteiger partial charge in [-0.2, -0.15) is 0 Å². The lowest BCUT2D eigenvalue weighted by molar-refractivity contribution is -0.129. The molecule has 3 aromatic rings. The van der Waals surface area contributed by atoms with E-state index < -0.39 is 21.7 Å². The summed E-state index contributed by atoms with van der Waals surface area (Å²) >= 11 is 0. The number of carbonyl (C=O) groups excluding carboxylic acids is 1. The van der Waals surface area contributed by atoms with E-state index in [2.05, 4.69) is 9.62 Å². The van der Waals surface area contributed by atoms with Crippen LogP contribution < -0.4 is 9.62 Å². The molecule has 3 aromatic carbocycles. The Labute approximate surface area is 202 Å². The van der Waals surface area contributed by atoms with Crippen LogP contribution in [0.2, 0.25) is 0 Å². The first-order valence-corrected chi connectivity index (χ1v) is 13.3.